The van der Waals surface area contributed by atoms with E-state index in [-0.39, 0.29) is 11.3 Å². The maximum atomic E-state index is 13.6. The highest BCUT2D eigenvalue weighted by molar-refractivity contribution is 8.13. The Hall–Kier alpha value is -1.91. The van der Waals surface area contributed by atoms with Crippen molar-refractivity contribution in [2.75, 3.05) is 0 Å². The highest BCUT2D eigenvalue weighted by atomic mass is 35.7. The van der Waals surface area contributed by atoms with Gasteiger partial charge in [0.2, 0.25) is 0 Å². The molecular formula is C10H5ClFN3O2S. The highest BCUT2D eigenvalue weighted by Crippen LogP contribution is 2.24. The van der Waals surface area contributed by atoms with Gasteiger partial charge in [-0.2, -0.15) is 10.4 Å². The van der Waals surface area contributed by atoms with Crippen LogP contribution in [0.5, 0.6) is 0 Å². The van der Waals surface area contributed by atoms with Crippen molar-refractivity contribution in [3.63, 3.8) is 0 Å². The highest BCUT2D eigenvalue weighted by Gasteiger charge is 2.24. The predicted molar refractivity (Wildman–Crippen MR) is 61.3 cm³/mol. The minimum atomic E-state index is -4.21. The van der Waals surface area contributed by atoms with Crippen molar-refractivity contribution in [3.05, 3.63) is 41.8 Å². The summed E-state index contributed by atoms with van der Waals surface area (Å²) in [6.07, 6.45) is 1.02. The molecule has 1 heterocycles. The van der Waals surface area contributed by atoms with E-state index in [1.165, 1.54) is 18.2 Å². The Kier molecular flexibility index (Phi) is 3.07. The molecule has 0 amide bonds. The van der Waals surface area contributed by atoms with Crippen molar-refractivity contribution in [1.29, 1.82) is 5.26 Å². The van der Waals surface area contributed by atoms with E-state index in [2.05, 4.69) is 5.10 Å². The van der Waals surface area contributed by atoms with Gasteiger partial charge in [-0.3, -0.25) is 0 Å². The lowest BCUT2D eigenvalue weighted by Crippen LogP contribution is -2.07. The van der Waals surface area contributed by atoms with Crippen LogP contribution in [0.2, 0.25) is 0 Å². The first-order chi connectivity index (χ1) is 8.45. The molecule has 2 aromatic rings. The van der Waals surface area contributed by atoms with Crippen LogP contribution in [0.4, 0.5) is 4.39 Å². The lowest BCUT2D eigenvalue weighted by molar-refractivity contribution is 0.586. The standard InChI is InChI=1S/C10H5ClFN3O2S/c11-18(16,17)10-7(5-13)6-14-15(10)9-4-2-1-3-8(9)12/h1-4,6H. The molecule has 0 aliphatic rings. The Morgan fingerprint density at radius 3 is 2.61 bits per heavy atom. The number of hydrogen-bond acceptors (Lipinski definition) is 4. The fourth-order valence-electron chi connectivity index (χ4n) is 1.44. The second kappa shape index (κ2) is 4.40. The molecule has 8 heteroatoms. The quantitative estimate of drug-likeness (QED) is 0.789. The van der Waals surface area contributed by atoms with Gasteiger partial charge in [-0.15, -0.1) is 0 Å². The van der Waals surface area contributed by atoms with Crippen LogP contribution in [0.25, 0.3) is 5.69 Å². The Bertz CT molecular complexity index is 749. The summed E-state index contributed by atoms with van der Waals surface area (Å²) in [5.74, 6) is -0.674. The van der Waals surface area contributed by atoms with E-state index >= 15 is 0 Å². The Morgan fingerprint density at radius 1 is 1.39 bits per heavy atom. The lowest BCUT2D eigenvalue weighted by atomic mass is 10.3. The van der Waals surface area contributed by atoms with Gasteiger partial charge in [0.15, 0.2) is 5.03 Å². The van der Waals surface area contributed by atoms with Crippen molar-refractivity contribution in [1.82, 2.24) is 9.78 Å². The normalized spacial score (nSPS) is 11.2. The molecule has 5 nitrogen and oxygen atoms in total. The summed E-state index contributed by atoms with van der Waals surface area (Å²) in [7, 11) is 1.01. The van der Waals surface area contributed by atoms with E-state index in [9.17, 15) is 12.8 Å². The summed E-state index contributed by atoms with van der Waals surface area (Å²) in [6, 6.07) is 7.07. The molecule has 0 aliphatic carbocycles. The molecule has 0 aliphatic heterocycles. The van der Waals surface area contributed by atoms with E-state index < -0.39 is 19.9 Å². The zero-order chi connectivity index (χ0) is 13.3. The van der Waals surface area contributed by atoms with E-state index in [0.717, 1.165) is 16.9 Å². The first-order valence-corrected chi connectivity index (χ1v) is 6.94. The Balaban J connectivity index is 2.80. The molecule has 1 aromatic heterocycles. The average Bonchev–Trinajstić information content (AvgIpc) is 2.73. The summed E-state index contributed by atoms with van der Waals surface area (Å²) in [5.41, 5.74) is -0.341. The fraction of sp³-hybridized carbons (Fsp3) is 0. The van der Waals surface area contributed by atoms with Crippen LogP contribution in [0.3, 0.4) is 0 Å². The summed E-state index contributed by atoms with van der Waals surface area (Å²) >= 11 is 0. The molecule has 0 radical (unpaired) electrons. The van der Waals surface area contributed by atoms with Gasteiger partial charge < -0.3 is 0 Å². The van der Waals surface area contributed by atoms with Crippen molar-refractivity contribution >= 4 is 19.7 Å². The van der Waals surface area contributed by atoms with Gasteiger partial charge in [-0.25, -0.2) is 17.5 Å². The van der Waals surface area contributed by atoms with Crippen molar-refractivity contribution < 1.29 is 12.8 Å². The number of hydrogen-bond donors (Lipinski definition) is 0. The number of halogens is 2. The van der Waals surface area contributed by atoms with Crippen molar-refractivity contribution in [3.8, 4) is 11.8 Å². The SMILES string of the molecule is N#Cc1cnn(-c2ccccc2F)c1S(=O)(=O)Cl. The van der Waals surface area contributed by atoms with Crippen molar-refractivity contribution in [2.45, 2.75) is 5.03 Å². The van der Waals surface area contributed by atoms with Gasteiger partial charge in [0, 0.05) is 10.7 Å². The van der Waals surface area contributed by atoms with Crippen LogP contribution in [-0.4, -0.2) is 18.2 Å². The van der Waals surface area contributed by atoms with E-state index in [1.807, 2.05) is 0 Å². The first-order valence-electron chi connectivity index (χ1n) is 4.63. The predicted octanol–water partition coefficient (Wildman–Crippen LogP) is 1.81. The van der Waals surface area contributed by atoms with Gasteiger partial charge in [0.05, 0.1) is 6.20 Å². The van der Waals surface area contributed by atoms with Gasteiger partial charge >= 0.3 is 0 Å². The molecule has 0 saturated carbocycles. The van der Waals surface area contributed by atoms with Crippen LogP contribution < -0.4 is 0 Å². The largest absolute Gasteiger partial charge is 0.280 e. The number of nitrogens with zero attached hydrogens (tertiary/aromatic N) is 3. The van der Waals surface area contributed by atoms with Crippen LogP contribution >= 0.6 is 10.7 Å². The first kappa shape index (κ1) is 12.5. The third-order valence-corrected chi connectivity index (χ3v) is 3.45. The minimum Gasteiger partial charge on any atom is -0.217 e. The van der Waals surface area contributed by atoms with Gasteiger partial charge in [-0.05, 0) is 12.1 Å². The number of para-hydroxylation sites is 1. The third kappa shape index (κ3) is 2.08. The number of nitriles is 1. The molecule has 92 valence electrons. The molecule has 0 fully saturated rings. The summed E-state index contributed by atoms with van der Waals surface area (Å²) in [6.45, 7) is 0. The molecule has 0 bridgehead atoms. The Labute approximate surface area is 106 Å². The Morgan fingerprint density at radius 2 is 2.06 bits per heavy atom. The molecule has 18 heavy (non-hydrogen) atoms. The average molecular weight is 286 g/mol. The second-order valence-electron chi connectivity index (χ2n) is 3.28. The van der Waals surface area contributed by atoms with E-state index in [0.29, 0.717) is 0 Å². The van der Waals surface area contributed by atoms with E-state index in [4.69, 9.17) is 15.9 Å². The van der Waals surface area contributed by atoms with Gasteiger partial charge in [-0.1, -0.05) is 12.1 Å². The zero-order valence-corrected chi connectivity index (χ0v) is 10.3. The van der Waals surface area contributed by atoms with Crippen LogP contribution in [0, 0.1) is 17.1 Å². The number of aromatic nitrogens is 2. The van der Waals surface area contributed by atoms with Crippen LogP contribution in [0.1, 0.15) is 5.56 Å². The fourth-order valence-corrected chi connectivity index (χ4v) is 2.60. The molecule has 1 aromatic carbocycles. The van der Waals surface area contributed by atoms with Crippen LogP contribution in [0.15, 0.2) is 35.5 Å². The monoisotopic (exact) mass is 285 g/mol. The zero-order valence-electron chi connectivity index (χ0n) is 8.71. The summed E-state index contributed by atoms with van der Waals surface area (Å²) in [5, 5.41) is 11.9. The molecule has 0 atom stereocenters. The minimum absolute atomic E-state index is 0.0989. The molecule has 2 rings (SSSR count). The maximum Gasteiger partial charge on any atom is 0.280 e. The van der Waals surface area contributed by atoms with Crippen molar-refractivity contribution in [2.24, 2.45) is 0 Å². The third-order valence-electron chi connectivity index (χ3n) is 2.16. The van der Waals surface area contributed by atoms with Crippen LogP contribution in [-0.2, 0) is 9.05 Å². The molecular weight excluding hydrogens is 281 g/mol. The lowest BCUT2D eigenvalue weighted by Gasteiger charge is -2.05. The molecule has 0 N–H and O–H groups in total. The van der Waals surface area contributed by atoms with Gasteiger partial charge in [0.25, 0.3) is 9.05 Å². The summed E-state index contributed by atoms with van der Waals surface area (Å²) in [4.78, 5) is 0. The second-order valence-corrected chi connectivity index (χ2v) is 5.76. The van der Waals surface area contributed by atoms with E-state index in [1.54, 1.807) is 6.07 Å². The number of benzene rings is 1. The topological polar surface area (TPSA) is 75.8 Å². The smallest absolute Gasteiger partial charge is 0.217 e. The summed E-state index contributed by atoms with van der Waals surface area (Å²) < 4.78 is 37.2. The molecule has 0 unspecified atom stereocenters. The molecule has 0 saturated heterocycles. The van der Waals surface area contributed by atoms with Gasteiger partial charge in [0.1, 0.15) is 23.1 Å². The maximum absolute atomic E-state index is 13.6. The molecule has 0 spiro atoms. The number of rotatable bonds is 2.